The zero-order valence-electron chi connectivity index (χ0n) is 9.24. The molecule has 0 saturated heterocycles. The first-order valence-corrected chi connectivity index (χ1v) is 5.08. The van der Waals surface area contributed by atoms with Crippen molar-refractivity contribution in [2.75, 3.05) is 5.73 Å². The highest BCUT2D eigenvalue weighted by Gasteiger charge is 2.10. The minimum Gasteiger partial charge on any atom is -0.396 e. The van der Waals surface area contributed by atoms with Crippen molar-refractivity contribution in [2.24, 2.45) is 0 Å². The summed E-state index contributed by atoms with van der Waals surface area (Å²) in [5, 5.41) is 8.06. The van der Waals surface area contributed by atoms with Crippen LogP contribution in [0.1, 0.15) is 12.7 Å². The number of benzene rings is 1. The molecular weight excluding hydrogens is 207 g/mol. The number of anilines is 1. The summed E-state index contributed by atoms with van der Waals surface area (Å²) in [6.45, 7) is 4.66. The van der Waals surface area contributed by atoms with Crippen LogP contribution in [-0.4, -0.2) is 14.8 Å². The molecule has 1 aromatic heterocycles. The van der Waals surface area contributed by atoms with Gasteiger partial charge in [-0.1, -0.05) is 0 Å². The molecule has 16 heavy (non-hydrogen) atoms. The topological polar surface area (TPSA) is 56.7 Å². The van der Waals surface area contributed by atoms with E-state index in [-0.39, 0.29) is 5.69 Å². The molecule has 0 atom stereocenters. The van der Waals surface area contributed by atoms with Gasteiger partial charge in [-0.05, 0) is 32.0 Å². The highest BCUT2D eigenvalue weighted by Crippen LogP contribution is 2.22. The number of aromatic nitrogens is 3. The quantitative estimate of drug-likeness (QED) is 0.787. The number of rotatable bonds is 2. The van der Waals surface area contributed by atoms with E-state index in [1.807, 2.05) is 18.4 Å². The van der Waals surface area contributed by atoms with E-state index in [1.54, 1.807) is 12.1 Å². The third-order valence-electron chi connectivity index (χ3n) is 2.51. The Hall–Kier alpha value is -1.91. The Kier molecular flexibility index (Phi) is 2.60. The largest absolute Gasteiger partial charge is 0.396 e. The molecule has 84 valence electrons. The number of nitrogens with two attached hydrogens (primary N) is 1. The summed E-state index contributed by atoms with van der Waals surface area (Å²) in [6, 6.07) is 4.57. The fourth-order valence-electron chi connectivity index (χ4n) is 1.66. The molecule has 0 saturated carbocycles. The van der Waals surface area contributed by atoms with Gasteiger partial charge in [0.15, 0.2) is 5.82 Å². The Morgan fingerprint density at radius 1 is 1.38 bits per heavy atom. The smallest absolute Gasteiger partial charge is 0.164 e. The average Bonchev–Trinajstić information content (AvgIpc) is 2.63. The Labute approximate surface area is 92.9 Å². The molecule has 0 aliphatic carbocycles. The van der Waals surface area contributed by atoms with Crippen LogP contribution in [0.3, 0.4) is 0 Å². The van der Waals surface area contributed by atoms with Gasteiger partial charge in [-0.25, -0.2) is 4.39 Å². The maximum Gasteiger partial charge on any atom is 0.164 e. The van der Waals surface area contributed by atoms with Crippen LogP contribution in [0.4, 0.5) is 10.1 Å². The van der Waals surface area contributed by atoms with Crippen molar-refractivity contribution >= 4 is 5.69 Å². The van der Waals surface area contributed by atoms with Gasteiger partial charge in [-0.15, -0.1) is 10.2 Å². The van der Waals surface area contributed by atoms with E-state index < -0.39 is 5.82 Å². The van der Waals surface area contributed by atoms with Crippen molar-refractivity contribution in [3.63, 3.8) is 0 Å². The van der Waals surface area contributed by atoms with Gasteiger partial charge in [0.05, 0.1) is 5.69 Å². The molecule has 2 aromatic rings. The van der Waals surface area contributed by atoms with Crippen LogP contribution >= 0.6 is 0 Å². The molecule has 4 nitrogen and oxygen atoms in total. The molecule has 2 rings (SSSR count). The van der Waals surface area contributed by atoms with Crippen LogP contribution < -0.4 is 5.73 Å². The summed E-state index contributed by atoms with van der Waals surface area (Å²) in [4.78, 5) is 0. The Morgan fingerprint density at radius 3 is 2.75 bits per heavy atom. The van der Waals surface area contributed by atoms with Crippen molar-refractivity contribution in [3.05, 3.63) is 29.8 Å². The van der Waals surface area contributed by atoms with E-state index >= 15 is 0 Å². The molecule has 2 N–H and O–H groups in total. The minimum atomic E-state index is -0.414. The third-order valence-corrected chi connectivity index (χ3v) is 2.51. The van der Waals surface area contributed by atoms with Crippen LogP contribution in [0.5, 0.6) is 0 Å². The first-order chi connectivity index (χ1) is 7.63. The maximum absolute atomic E-state index is 13.0. The fourth-order valence-corrected chi connectivity index (χ4v) is 1.66. The molecule has 0 fully saturated rings. The third kappa shape index (κ3) is 1.64. The molecule has 0 amide bonds. The monoisotopic (exact) mass is 220 g/mol. The molecule has 0 aliphatic rings. The molecule has 0 aliphatic heterocycles. The van der Waals surface area contributed by atoms with E-state index in [1.165, 1.54) is 6.07 Å². The van der Waals surface area contributed by atoms with E-state index in [2.05, 4.69) is 10.2 Å². The van der Waals surface area contributed by atoms with Crippen LogP contribution in [-0.2, 0) is 6.54 Å². The van der Waals surface area contributed by atoms with Crippen LogP contribution in [0.15, 0.2) is 18.2 Å². The Balaban J connectivity index is 2.54. The predicted octanol–water partition coefficient (Wildman–Crippen LogP) is 1.99. The fraction of sp³-hybridized carbons (Fsp3) is 0.273. The Morgan fingerprint density at radius 2 is 2.12 bits per heavy atom. The standard InChI is InChI=1S/C11H13FN4/c1-3-16-7(2)14-15-11(16)8-4-5-9(12)10(13)6-8/h4-6H,3,13H2,1-2H3. The lowest BCUT2D eigenvalue weighted by atomic mass is 10.2. The summed E-state index contributed by atoms with van der Waals surface area (Å²) in [5.41, 5.74) is 6.43. The highest BCUT2D eigenvalue weighted by atomic mass is 19.1. The van der Waals surface area contributed by atoms with Gasteiger partial charge < -0.3 is 10.3 Å². The molecule has 1 aromatic carbocycles. The van der Waals surface area contributed by atoms with Gasteiger partial charge in [0.1, 0.15) is 11.6 Å². The van der Waals surface area contributed by atoms with Gasteiger partial charge in [0.25, 0.3) is 0 Å². The lowest BCUT2D eigenvalue weighted by Gasteiger charge is -2.06. The summed E-state index contributed by atoms with van der Waals surface area (Å²) in [5.74, 6) is 1.13. The lowest BCUT2D eigenvalue weighted by molar-refractivity contribution is 0.632. The molecule has 1 heterocycles. The van der Waals surface area contributed by atoms with E-state index in [4.69, 9.17) is 5.73 Å². The van der Waals surface area contributed by atoms with Gasteiger partial charge in [-0.2, -0.15) is 0 Å². The predicted molar refractivity (Wildman–Crippen MR) is 60.2 cm³/mol. The van der Waals surface area contributed by atoms with Crippen molar-refractivity contribution in [2.45, 2.75) is 20.4 Å². The zero-order chi connectivity index (χ0) is 11.7. The van der Waals surface area contributed by atoms with Gasteiger partial charge in [-0.3, -0.25) is 0 Å². The average molecular weight is 220 g/mol. The lowest BCUT2D eigenvalue weighted by Crippen LogP contribution is -2.00. The van der Waals surface area contributed by atoms with E-state index in [0.29, 0.717) is 5.82 Å². The molecule has 0 radical (unpaired) electrons. The van der Waals surface area contributed by atoms with Crippen LogP contribution in [0, 0.1) is 12.7 Å². The van der Waals surface area contributed by atoms with Crippen molar-refractivity contribution in [1.29, 1.82) is 0 Å². The number of nitrogen functional groups attached to an aromatic ring is 1. The number of hydrogen-bond acceptors (Lipinski definition) is 3. The summed E-state index contributed by atoms with van der Waals surface area (Å²) in [7, 11) is 0. The normalized spacial score (nSPS) is 10.7. The molecule has 5 heteroatoms. The van der Waals surface area contributed by atoms with Crippen LogP contribution in [0.25, 0.3) is 11.4 Å². The molecule has 0 bridgehead atoms. The molecule has 0 unspecified atom stereocenters. The number of hydrogen-bond donors (Lipinski definition) is 1. The van der Waals surface area contributed by atoms with Crippen molar-refractivity contribution < 1.29 is 4.39 Å². The van der Waals surface area contributed by atoms with Gasteiger partial charge >= 0.3 is 0 Å². The second kappa shape index (κ2) is 3.92. The Bertz CT molecular complexity index is 519. The highest BCUT2D eigenvalue weighted by molar-refractivity contribution is 5.61. The number of halogens is 1. The van der Waals surface area contributed by atoms with Crippen molar-refractivity contribution in [3.8, 4) is 11.4 Å². The summed E-state index contributed by atoms with van der Waals surface area (Å²) >= 11 is 0. The zero-order valence-corrected chi connectivity index (χ0v) is 9.24. The number of nitrogens with zero attached hydrogens (tertiary/aromatic N) is 3. The molecular formula is C11H13FN4. The van der Waals surface area contributed by atoms with Crippen molar-refractivity contribution in [1.82, 2.24) is 14.8 Å². The maximum atomic E-state index is 13.0. The van der Waals surface area contributed by atoms with E-state index in [9.17, 15) is 4.39 Å². The first kappa shape index (κ1) is 10.6. The second-order valence-electron chi connectivity index (χ2n) is 3.55. The summed E-state index contributed by atoms with van der Waals surface area (Å²) < 4.78 is 15.0. The minimum absolute atomic E-state index is 0.126. The van der Waals surface area contributed by atoms with Gasteiger partial charge in [0, 0.05) is 12.1 Å². The van der Waals surface area contributed by atoms with E-state index in [0.717, 1.165) is 17.9 Å². The molecule has 0 spiro atoms. The number of aryl methyl sites for hydroxylation is 1. The first-order valence-electron chi connectivity index (χ1n) is 5.08. The van der Waals surface area contributed by atoms with Crippen LogP contribution in [0.2, 0.25) is 0 Å². The SMILES string of the molecule is CCn1c(C)nnc1-c1ccc(F)c(N)c1. The summed E-state index contributed by atoms with van der Waals surface area (Å²) in [6.07, 6.45) is 0. The van der Waals surface area contributed by atoms with Gasteiger partial charge in [0.2, 0.25) is 0 Å². The second-order valence-corrected chi connectivity index (χ2v) is 3.55.